The van der Waals surface area contributed by atoms with E-state index in [0.29, 0.717) is 6.79 Å². The molecule has 1 aromatic carbocycles. The Morgan fingerprint density at radius 1 is 1.19 bits per heavy atom. The highest BCUT2D eigenvalue weighted by molar-refractivity contribution is 9.10. The van der Waals surface area contributed by atoms with Gasteiger partial charge in [0.2, 0.25) is 6.79 Å². The Morgan fingerprint density at radius 2 is 1.90 bits per heavy atom. The van der Waals surface area contributed by atoms with E-state index in [1.54, 1.807) is 0 Å². The summed E-state index contributed by atoms with van der Waals surface area (Å²) in [6.07, 6.45) is 0. The molecule has 0 fully saturated rings. The molecule has 2 aromatic rings. The summed E-state index contributed by atoms with van der Waals surface area (Å²) in [6, 6.07) is 6.28. The van der Waals surface area contributed by atoms with Gasteiger partial charge in [-0.25, -0.2) is 0 Å². The second kappa shape index (κ2) is 5.73. The maximum Gasteiger partial charge on any atom is 0.231 e. The predicted molar refractivity (Wildman–Crippen MR) is 83.7 cm³/mol. The molecular weight excluding hydrogens is 334 g/mol. The number of hydrogen-bond acceptors (Lipinski definition) is 4. The molecule has 5 heteroatoms. The maximum atomic E-state index is 5.59. The first kappa shape index (κ1) is 14.5. The van der Waals surface area contributed by atoms with Crippen molar-refractivity contribution in [3.63, 3.8) is 0 Å². The third kappa shape index (κ3) is 2.94. The van der Waals surface area contributed by atoms with Crippen LogP contribution < -0.4 is 14.8 Å². The minimum Gasteiger partial charge on any atom is -0.466 e. The number of fused-ring (bicyclic) bond motifs is 1. The third-order valence-electron chi connectivity index (χ3n) is 3.69. The van der Waals surface area contributed by atoms with Crippen molar-refractivity contribution < 1.29 is 13.9 Å². The Bertz CT molecular complexity index is 666. The zero-order valence-electron chi connectivity index (χ0n) is 12.3. The largest absolute Gasteiger partial charge is 0.466 e. The van der Waals surface area contributed by atoms with Gasteiger partial charge in [-0.1, -0.05) is 15.9 Å². The van der Waals surface area contributed by atoms with Crippen LogP contribution in [0.3, 0.4) is 0 Å². The number of rotatable bonds is 4. The number of benzene rings is 1. The average molecular weight is 352 g/mol. The molecule has 0 saturated heterocycles. The minimum atomic E-state index is 0.222. The molecule has 0 spiro atoms. The second-order valence-corrected chi connectivity index (χ2v) is 6.12. The van der Waals surface area contributed by atoms with Crippen LogP contribution in [0.25, 0.3) is 0 Å². The van der Waals surface area contributed by atoms with Crippen LogP contribution in [-0.4, -0.2) is 6.79 Å². The molecule has 1 aromatic heterocycles. The van der Waals surface area contributed by atoms with Gasteiger partial charge in [-0.05, 0) is 44.5 Å². The van der Waals surface area contributed by atoms with Crippen LogP contribution in [0.2, 0.25) is 0 Å². The second-order valence-electron chi connectivity index (χ2n) is 5.27. The van der Waals surface area contributed by atoms with Gasteiger partial charge in [0.1, 0.15) is 11.5 Å². The van der Waals surface area contributed by atoms with Crippen molar-refractivity contribution >= 4 is 15.9 Å². The Labute approximate surface area is 132 Å². The molecule has 4 nitrogen and oxygen atoms in total. The number of aryl methyl sites for hydroxylation is 2. The van der Waals surface area contributed by atoms with Crippen LogP contribution in [0.5, 0.6) is 11.5 Å². The summed E-state index contributed by atoms with van der Waals surface area (Å²) >= 11 is 3.58. The van der Waals surface area contributed by atoms with E-state index in [4.69, 9.17) is 13.9 Å². The van der Waals surface area contributed by atoms with E-state index in [2.05, 4.69) is 34.2 Å². The maximum absolute atomic E-state index is 5.59. The summed E-state index contributed by atoms with van der Waals surface area (Å²) in [4.78, 5) is 0. The molecule has 0 radical (unpaired) electrons. The lowest BCUT2D eigenvalue weighted by molar-refractivity contribution is 0.174. The molecule has 21 heavy (non-hydrogen) atoms. The summed E-state index contributed by atoms with van der Waals surface area (Å²) in [5, 5.41) is 3.51. The van der Waals surface area contributed by atoms with Crippen molar-refractivity contribution in [1.29, 1.82) is 0 Å². The van der Waals surface area contributed by atoms with Crippen molar-refractivity contribution in [2.24, 2.45) is 0 Å². The van der Waals surface area contributed by atoms with E-state index >= 15 is 0 Å². The number of ether oxygens (including phenoxy) is 2. The van der Waals surface area contributed by atoms with Crippen LogP contribution >= 0.6 is 15.9 Å². The lowest BCUT2D eigenvalue weighted by Gasteiger charge is -2.14. The van der Waals surface area contributed by atoms with E-state index in [1.807, 2.05) is 26.0 Å². The lowest BCUT2D eigenvalue weighted by Crippen LogP contribution is -2.18. The SMILES string of the molecule is Cc1cc(C(C)NCc2cc3c(cc2Br)OCO3)c(C)o1. The molecule has 2 heterocycles. The lowest BCUT2D eigenvalue weighted by atomic mass is 10.1. The fourth-order valence-corrected chi connectivity index (χ4v) is 3.01. The first-order valence-corrected chi connectivity index (χ1v) is 7.72. The molecule has 1 aliphatic heterocycles. The molecule has 0 saturated carbocycles. The van der Waals surface area contributed by atoms with Crippen molar-refractivity contribution in [3.8, 4) is 11.5 Å². The normalized spacial score (nSPS) is 14.5. The van der Waals surface area contributed by atoms with Crippen molar-refractivity contribution in [3.05, 3.63) is 45.3 Å². The Morgan fingerprint density at radius 3 is 2.57 bits per heavy atom. The van der Waals surface area contributed by atoms with Gasteiger partial charge in [0.25, 0.3) is 0 Å². The van der Waals surface area contributed by atoms with Crippen LogP contribution in [0, 0.1) is 13.8 Å². The molecule has 112 valence electrons. The van der Waals surface area contributed by atoms with Gasteiger partial charge in [-0.2, -0.15) is 0 Å². The first-order chi connectivity index (χ1) is 10.0. The highest BCUT2D eigenvalue weighted by Gasteiger charge is 2.17. The number of hydrogen-bond donors (Lipinski definition) is 1. The Kier molecular flexibility index (Phi) is 3.95. The van der Waals surface area contributed by atoms with Crippen molar-refractivity contribution in [1.82, 2.24) is 5.32 Å². The highest BCUT2D eigenvalue weighted by Crippen LogP contribution is 2.37. The highest BCUT2D eigenvalue weighted by atomic mass is 79.9. The number of halogens is 1. The summed E-state index contributed by atoms with van der Waals surface area (Å²) < 4.78 is 17.4. The summed E-state index contributed by atoms with van der Waals surface area (Å²) in [7, 11) is 0. The Hall–Kier alpha value is -1.46. The van der Waals surface area contributed by atoms with Gasteiger partial charge in [0.15, 0.2) is 11.5 Å². The van der Waals surface area contributed by atoms with Gasteiger partial charge >= 0.3 is 0 Å². The first-order valence-electron chi connectivity index (χ1n) is 6.93. The van der Waals surface area contributed by atoms with Crippen LogP contribution in [0.15, 0.2) is 27.1 Å². The molecule has 1 atom stereocenters. The summed E-state index contributed by atoms with van der Waals surface area (Å²) in [6.45, 7) is 7.14. The summed E-state index contributed by atoms with van der Waals surface area (Å²) in [5.74, 6) is 3.51. The number of nitrogens with one attached hydrogen (secondary N) is 1. The van der Waals surface area contributed by atoms with E-state index in [9.17, 15) is 0 Å². The van der Waals surface area contributed by atoms with Crippen LogP contribution in [-0.2, 0) is 6.54 Å². The van der Waals surface area contributed by atoms with Gasteiger partial charge in [0, 0.05) is 22.6 Å². The van der Waals surface area contributed by atoms with Gasteiger partial charge in [-0.3, -0.25) is 0 Å². The molecule has 0 aliphatic carbocycles. The Balaban J connectivity index is 1.72. The molecule has 0 amide bonds. The molecule has 1 N–H and O–H groups in total. The zero-order chi connectivity index (χ0) is 15.0. The van der Waals surface area contributed by atoms with Gasteiger partial charge in [-0.15, -0.1) is 0 Å². The van der Waals surface area contributed by atoms with Crippen LogP contribution in [0.4, 0.5) is 0 Å². The van der Waals surface area contributed by atoms with Crippen molar-refractivity contribution in [2.45, 2.75) is 33.4 Å². The van der Waals surface area contributed by atoms with E-state index in [-0.39, 0.29) is 6.04 Å². The zero-order valence-corrected chi connectivity index (χ0v) is 13.9. The quantitative estimate of drug-likeness (QED) is 0.894. The van der Waals surface area contributed by atoms with Gasteiger partial charge < -0.3 is 19.2 Å². The minimum absolute atomic E-state index is 0.222. The topological polar surface area (TPSA) is 43.6 Å². The van der Waals surface area contributed by atoms with Gasteiger partial charge in [0.05, 0.1) is 0 Å². The third-order valence-corrected chi connectivity index (χ3v) is 4.42. The molecule has 1 aliphatic rings. The van der Waals surface area contributed by atoms with Crippen LogP contribution in [0.1, 0.15) is 35.6 Å². The smallest absolute Gasteiger partial charge is 0.231 e. The monoisotopic (exact) mass is 351 g/mol. The molecular formula is C16H18BrNO3. The van der Waals surface area contributed by atoms with Crippen molar-refractivity contribution in [2.75, 3.05) is 6.79 Å². The predicted octanol–water partition coefficient (Wildman–Crippen LogP) is 4.24. The van der Waals surface area contributed by atoms with E-state index in [0.717, 1.165) is 39.6 Å². The molecule has 0 bridgehead atoms. The average Bonchev–Trinajstić information content (AvgIpc) is 3.01. The number of furan rings is 1. The molecule has 3 rings (SSSR count). The molecule has 1 unspecified atom stereocenters. The van der Waals surface area contributed by atoms with E-state index in [1.165, 1.54) is 5.56 Å². The fourth-order valence-electron chi connectivity index (χ4n) is 2.55. The fraction of sp³-hybridized carbons (Fsp3) is 0.375. The summed E-state index contributed by atoms with van der Waals surface area (Å²) in [5.41, 5.74) is 2.34. The van der Waals surface area contributed by atoms with E-state index < -0.39 is 0 Å². The standard InChI is InChI=1S/C16H18BrNO3/c1-9-4-13(11(3)21-9)10(2)18-7-12-5-15-16(6-14(12)17)20-8-19-15/h4-6,10,18H,7-8H2,1-3H3.